The molecular formula is C12H22N2O3. The molecule has 0 radical (unpaired) electrons. The maximum Gasteiger partial charge on any atom is 0.305 e. The molecule has 1 rings (SSSR count). The summed E-state index contributed by atoms with van der Waals surface area (Å²) in [6.07, 6.45) is 5.08. The van der Waals surface area contributed by atoms with Crippen molar-refractivity contribution in [1.29, 1.82) is 0 Å². The third-order valence-electron chi connectivity index (χ3n) is 3.47. The molecule has 0 unspecified atom stereocenters. The molecule has 98 valence electrons. The van der Waals surface area contributed by atoms with Crippen LogP contribution in [0.5, 0.6) is 0 Å². The first-order valence-corrected chi connectivity index (χ1v) is 6.28. The van der Waals surface area contributed by atoms with E-state index < -0.39 is 17.6 Å². The number of hydrogen-bond donors (Lipinski definition) is 3. The van der Waals surface area contributed by atoms with Gasteiger partial charge in [-0.05, 0) is 19.3 Å². The van der Waals surface area contributed by atoms with E-state index in [2.05, 4.69) is 5.32 Å². The van der Waals surface area contributed by atoms with Gasteiger partial charge in [0.2, 0.25) is 5.91 Å². The van der Waals surface area contributed by atoms with Crippen LogP contribution in [0.2, 0.25) is 0 Å². The number of carbonyl (C=O) groups excluding carboxylic acids is 1. The number of nitrogens with one attached hydrogen (secondary N) is 1. The smallest absolute Gasteiger partial charge is 0.305 e. The predicted octanol–water partition coefficient (Wildman–Crippen LogP) is 1.02. The van der Waals surface area contributed by atoms with Crippen molar-refractivity contribution in [3.8, 4) is 0 Å². The molecule has 1 atom stereocenters. The third kappa shape index (κ3) is 4.00. The molecule has 5 heteroatoms. The molecule has 0 aromatic carbocycles. The molecule has 1 saturated carbocycles. The standard InChI is InChI=1S/C12H22N2O3/c1-2-9(13)11(17)14-12(8-10(15)16)6-4-3-5-7-12/h9H,2-8,13H2,1H3,(H,14,17)(H,15,16)/t9-/m1/s1. The molecule has 17 heavy (non-hydrogen) atoms. The van der Waals surface area contributed by atoms with Crippen molar-refractivity contribution in [2.24, 2.45) is 5.73 Å². The molecule has 0 bridgehead atoms. The van der Waals surface area contributed by atoms with E-state index in [0.717, 1.165) is 32.1 Å². The van der Waals surface area contributed by atoms with E-state index in [-0.39, 0.29) is 12.3 Å². The van der Waals surface area contributed by atoms with Crippen LogP contribution >= 0.6 is 0 Å². The fourth-order valence-electron chi connectivity index (χ4n) is 2.40. The number of amides is 1. The summed E-state index contributed by atoms with van der Waals surface area (Å²) in [4.78, 5) is 22.7. The number of carboxylic acid groups (broad SMARTS) is 1. The average molecular weight is 242 g/mol. The molecule has 0 heterocycles. The largest absolute Gasteiger partial charge is 0.481 e. The summed E-state index contributed by atoms with van der Waals surface area (Å²) in [7, 11) is 0. The molecule has 1 fully saturated rings. The Morgan fingerprint density at radius 1 is 1.35 bits per heavy atom. The molecule has 0 aromatic rings. The maximum atomic E-state index is 11.8. The summed E-state index contributed by atoms with van der Waals surface area (Å²) in [5, 5.41) is 11.8. The Labute approximate surface area is 102 Å². The highest BCUT2D eigenvalue weighted by Gasteiger charge is 2.36. The van der Waals surface area contributed by atoms with Gasteiger partial charge in [0.05, 0.1) is 18.0 Å². The summed E-state index contributed by atoms with van der Waals surface area (Å²) in [6, 6.07) is -0.539. The summed E-state index contributed by atoms with van der Waals surface area (Å²) in [5.41, 5.74) is 5.09. The van der Waals surface area contributed by atoms with Crippen LogP contribution in [-0.4, -0.2) is 28.6 Å². The van der Waals surface area contributed by atoms with Crippen LogP contribution in [0, 0.1) is 0 Å². The van der Waals surface area contributed by atoms with E-state index in [0.29, 0.717) is 6.42 Å². The minimum atomic E-state index is -0.864. The lowest BCUT2D eigenvalue weighted by atomic mass is 9.79. The second-order valence-electron chi connectivity index (χ2n) is 4.92. The van der Waals surface area contributed by atoms with E-state index in [9.17, 15) is 9.59 Å². The lowest BCUT2D eigenvalue weighted by molar-refractivity contribution is -0.139. The highest BCUT2D eigenvalue weighted by Crippen LogP contribution is 2.31. The van der Waals surface area contributed by atoms with Gasteiger partial charge in [0, 0.05) is 0 Å². The van der Waals surface area contributed by atoms with Crippen LogP contribution < -0.4 is 11.1 Å². The van der Waals surface area contributed by atoms with Crippen molar-refractivity contribution in [2.75, 3.05) is 0 Å². The molecule has 1 aliphatic carbocycles. The van der Waals surface area contributed by atoms with Crippen molar-refractivity contribution < 1.29 is 14.7 Å². The Hall–Kier alpha value is -1.10. The number of hydrogen-bond acceptors (Lipinski definition) is 3. The monoisotopic (exact) mass is 242 g/mol. The molecule has 1 amide bonds. The van der Waals surface area contributed by atoms with Crippen molar-refractivity contribution in [2.45, 2.75) is 63.5 Å². The Kier molecular flexibility index (Phi) is 4.93. The molecule has 0 spiro atoms. The second kappa shape index (κ2) is 6.00. The number of nitrogens with two attached hydrogens (primary N) is 1. The molecule has 1 aliphatic rings. The number of carboxylic acids is 1. The summed E-state index contributed by atoms with van der Waals surface area (Å²) < 4.78 is 0. The van der Waals surface area contributed by atoms with E-state index in [4.69, 9.17) is 10.8 Å². The van der Waals surface area contributed by atoms with Crippen LogP contribution in [0.25, 0.3) is 0 Å². The summed E-state index contributed by atoms with van der Waals surface area (Å²) >= 11 is 0. The molecule has 0 saturated heterocycles. The highest BCUT2D eigenvalue weighted by atomic mass is 16.4. The van der Waals surface area contributed by atoms with Gasteiger partial charge in [-0.3, -0.25) is 9.59 Å². The van der Waals surface area contributed by atoms with E-state index in [1.807, 2.05) is 6.92 Å². The predicted molar refractivity (Wildman–Crippen MR) is 64.5 cm³/mol. The fraction of sp³-hybridized carbons (Fsp3) is 0.833. The highest BCUT2D eigenvalue weighted by molar-refractivity contribution is 5.83. The molecule has 0 aliphatic heterocycles. The first-order valence-electron chi connectivity index (χ1n) is 6.28. The molecule has 4 N–H and O–H groups in total. The zero-order valence-electron chi connectivity index (χ0n) is 10.4. The van der Waals surface area contributed by atoms with Crippen LogP contribution in [0.1, 0.15) is 51.9 Å². The van der Waals surface area contributed by atoms with Gasteiger partial charge in [0.15, 0.2) is 0 Å². The SMILES string of the molecule is CC[C@@H](N)C(=O)NC1(CC(=O)O)CCCCC1. The van der Waals surface area contributed by atoms with Gasteiger partial charge >= 0.3 is 5.97 Å². The maximum absolute atomic E-state index is 11.8. The fourth-order valence-corrected chi connectivity index (χ4v) is 2.40. The number of aliphatic carboxylic acids is 1. The van der Waals surface area contributed by atoms with Gasteiger partial charge in [0.25, 0.3) is 0 Å². The number of carbonyl (C=O) groups is 2. The summed E-state index contributed by atoms with van der Waals surface area (Å²) in [6.45, 7) is 1.84. The Bertz CT molecular complexity index is 285. The Balaban J connectivity index is 2.69. The Morgan fingerprint density at radius 2 is 1.94 bits per heavy atom. The molecule has 5 nitrogen and oxygen atoms in total. The lowest BCUT2D eigenvalue weighted by Gasteiger charge is -2.37. The van der Waals surface area contributed by atoms with Crippen LogP contribution in [-0.2, 0) is 9.59 Å². The molecular weight excluding hydrogens is 220 g/mol. The van der Waals surface area contributed by atoms with Crippen molar-refractivity contribution in [1.82, 2.24) is 5.32 Å². The minimum absolute atomic E-state index is 0.00479. The van der Waals surface area contributed by atoms with Crippen LogP contribution in [0.15, 0.2) is 0 Å². The topological polar surface area (TPSA) is 92.4 Å². The third-order valence-corrected chi connectivity index (χ3v) is 3.47. The van der Waals surface area contributed by atoms with Gasteiger partial charge in [0.1, 0.15) is 0 Å². The van der Waals surface area contributed by atoms with E-state index >= 15 is 0 Å². The minimum Gasteiger partial charge on any atom is -0.481 e. The second-order valence-corrected chi connectivity index (χ2v) is 4.92. The quantitative estimate of drug-likeness (QED) is 0.671. The zero-order valence-corrected chi connectivity index (χ0v) is 10.4. The van der Waals surface area contributed by atoms with Crippen LogP contribution in [0.3, 0.4) is 0 Å². The summed E-state index contributed by atoms with van der Waals surface area (Å²) in [5.74, 6) is -1.09. The van der Waals surface area contributed by atoms with Crippen molar-refractivity contribution in [3.05, 3.63) is 0 Å². The normalized spacial score (nSPS) is 20.6. The van der Waals surface area contributed by atoms with E-state index in [1.165, 1.54) is 0 Å². The van der Waals surface area contributed by atoms with Crippen LogP contribution in [0.4, 0.5) is 0 Å². The zero-order chi connectivity index (χ0) is 12.9. The first-order chi connectivity index (χ1) is 7.99. The van der Waals surface area contributed by atoms with Gasteiger partial charge < -0.3 is 16.2 Å². The van der Waals surface area contributed by atoms with Crippen molar-refractivity contribution in [3.63, 3.8) is 0 Å². The van der Waals surface area contributed by atoms with Crippen molar-refractivity contribution >= 4 is 11.9 Å². The first kappa shape index (κ1) is 14.0. The van der Waals surface area contributed by atoms with E-state index in [1.54, 1.807) is 0 Å². The average Bonchev–Trinajstić information content (AvgIpc) is 2.27. The number of rotatable bonds is 5. The van der Waals surface area contributed by atoms with Gasteiger partial charge in [-0.2, -0.15) is 0 Å². The molecule has 0 aromatic heterocycles. The van der Waals surface area contributed by atoms with Gasteiger partial charge in [-0.25, -0.2) is 0 Å². The lowest BCUT2D eigenvalue weighted by Crippen LogP contribution is -2.55. The Morgan fingerprint density at radius 3 is 2.41 bits per heavy atom. The van der Waals surface area contributed by atoms with Gasteiger partial charge in [-0.15, -0.1) is 0 Å². The van der Waals surface area contributed by atoms with Gasteiger partial charge in [-0.1, -0.05) is 26.2 Å².